The highest BCUT2D eigenvalue weighted by molar-refractivity contribution is 6.27. The molecule has 1 heteroatoms. The average Bonchev–Trinajstić information content (AvgIpc) is 3.62. The summed E-state index contributed by atoms with van der Waals surface area (Å²) in [5.41, 5.74) is 14.4. The lowest BCUT2D eigenvalue weighted by molar-refractivity contribution is 0.660. The fourth-order valence-corrected chi connectivity index (χ4v) is 8.38. The fourth-order valence-electron chi connectivity index (χ4n) is 8.38. The zero-order valence-corrected chi connectivity index (χ0v) is 26.9. The highest BCUT2D eigenvalue weighted by atomic mass is 16.3. The number of furan rings is 1. The Morgan fingerprint density at radius 3 is 1.92 bits per heavy atom. The summed E-state index contributed by atoms with van der Waals surface area (Å²) in [6.07, 6.45) is 0. The Labute approximate surface area is 279 Å². The Morgan fingerprint density at radius 2 is 1.08 bits per heavy atom. The van der Waals surface area contributed by atoms with E-state index in [4.69, 9.17) is 4.42 Å². The highest BCUT2D eigenvalue weighted by Crippen LogP contribution is 2.54. The van der Waals surface area contributed by atoms with Gasteiger partial charge in [-0.2, -0.15) is 0 Å². The molecule has 0 radical (unpaired) electrons. The van der Waals surface area contributed by atoms with E-state index in [0.717, 1.165) is 22.1 Å². The van der Waals surface area contributed by atoms with Gasteiger partial charge in [-0.25, -0.2) is 0 Å². The van der Waals surface area contributed by atoms with Crippen LogP contribution in [-0.2, 0) is 5.41 Å². The first-order valence-electron chi connectivity index (χ1n) is 16.8. The van der Waals surface area contributed by atoms with Gasteiger partial charge in [-0.1, -0.05) is 153 Å². The van der Waals surface area contributed by atoms with Gasteiger partial charge in [0.2, 0.25) is 0 Å². The zero-order chi connectivity index (χ0) is 32.0. The molecule has 48 heavy (non-hydrogen) atoms. The van der Waals surface area contributed by atoms with Crippen molar-refractivity contribution in [1.82, 2.24) is 0 Å². The van der Waals surface area contributed by atoms with Crippen LogP contribution in [0.4, 0.5) is 0 Å². The first-order chi connectivity index (χ1) is 23.6. The summed E-state index contributed by atoms with van der Waals surface area (Å²) in [6.45, 7) is 4.74. The van der Waals surface area contributed by atoms with Crippen molar-refractivity contribution >= 4 is 43.5 Å². The van der Waals surface area contributed by atoms with E-state index in [-0.39, 0.29) is 5.41 Å². The Balaban J connectivity index is 1.28. The monoisotopic (exact) mass is 612 g/mol. The normalized spacial score (nSPS) is 13.4. The first-order valence-corrected chi connectivity index (χ1v) is 16.8. The summed E-state index contributed by atoms with van der Waals surface area (Å²) >= 11 is 0. The molecule has 226 valence electrons. The minimum absolute atomic E-state index is 0.153. The lowest BCUT2D eigenvalue weighted by Gasteiger charge is -2.22. The van der Waals surface area contributed by atoms with Crippen molar-refractivity contribution in [2.75, 3.05) is 0 Å². The number of para-hydroxylation sites is 1. The van der Waals surface area contributed by atoms with Crippen LogP contribution in [0.5, 0.6) is 0 Å². The maximum Gasteiger partial charge on any atom is 0.144 e. The zero-order valence-electron chi connectivity index (χ0n) is 26.9. The predicted molar refractivity (Wildman–Crippen MR) is 203 cm³/mol. The van der Waals surface area contributed by atoms with Crippen LogP contribution < -0.4 is 0 Å². The van der Waals surface area contributed by atoms with E-state index in [9.17, 15) is 0 Å². The lowest BCUT2D eigenvalue weighted by Crippen LogP contribution is -2.15. The summed E-state index contributed by atoms with van der Waals surface area (Å²) in [4.78, 5) is 0. The van der Waals surface area contributed by atoms with Crippen molar-refractivity contribution < 1.29 is 4.42 Å². The number of benzene rings is 8. The van der Waals surface area contributed by atoms with E-state index in [1.54, 1.807) is 0 Å². The summed E-state index contributed by atoms with van der Waals surface area (Å²) in [6, 6.07) is 57.5. The van der Waals surface area contributed by atoms with Gasteiger partial charge < -0.3 is 4.42 Å². The van der Waals surface area contributed by atoms with E-state index >= 15 is 0 Å². The summed E-state index contributed by atoms with van der Waals surface area (Å²) in [5.74, 6) is 0. The molecule has 0 aliphatic heterocycles. The molecule has 0 N–H and O–H groups in total. The third-order valence-corrected chi connectivity index (χ3v) is 10.6. The number of fused-ring (bicyclic) bond motifs is 8. The van der Waals surface area contributed by atoms with Crippen LogP contribution in [0.3, 0.4) is 0 Å². The minimum Gasteiger partial charge on any atom is -0.455 e. The molecule has 9 aromatic rings. The van der Waals surface area contributed by atoms with Gasteiger partial charge in [0.1, 0.15) is 11.2 Å². The Bertz CT molecular complexity index is 2740. The predicted octanol–water partition coefficient (Wildman–Crippen LogP) is 13.2. The number of rotatable bonds is 3. The fraction of sp³-hybridized carbons (Fsp3) is 0.0638. The van der Waals surface area contributed by atoms with Gasteiger partial charge in [0.25, 0.3) is 0 Å². The van der Waals surface area contributed by atoms with Gasteiger partial charge in [-0.15, -0.1) is 0 Å². The van der Waals surface area contributed by atoms with E-state index in [1.807, 2.05) is 0 Å². The second kappa shape index (κ2) is 10.0. The van der Waals surface area contributed by atoms with E-state index in [0.29, 0.717) is 0 Å². The third kappa shape index (κ3) is 3.79. The molecule has 0 spiro atoms. The van der Waals surface area contributed by atoms with Crippen molar-refractivity contribution in [2.24, 2.45) is 0 Å². The van der Waals surface area contributed by atoms with Gasteiger partial charge in [0.05, 0.1) is 0 Å². The molecule has 1 aliphatic carbocycles. The lowest BCUT2D eigenvalue weighted by atomic mass is 9.80. The molecule has 8 aromatic carbocycles. The molecule has 0 unspecified atom stereocenters. The van der Waals surface area contributed by atoms with Crippen LogP contribution in [0, 0.1) is 0 Å². The standard InChI is InChI=1S/C47H32O/c1-47(2)39-21-12-20-34(30-14-4-3-5-15-30)44(39)37-26-25-33(28-40(37)47)43-36-18-9-8-17-35(36)42(32-24-23-29-13-6-7-16-31(29)27-32)45-38-19-10-11-22-41(38)48-46(43)45/h3-28H,1-2H3. The van der Waals surface area contributed by atoms with E-state index in [1.165, 1.54) is 77.0 Å². The quantitative estimate of drug-likeness (QED) is 0.193. The summed E-state index contributed by atoms with van der Waals surface area (Å²) < 4.78 is 6.91. The summed E-state index contributed by atoms with van der Waals surface area (Å²) in [7, 11) is 0. The molecule has 0 fully saturated rings. The Morgan fingerprint density at radius 1 is 0.417 bits per heavy atom. The van der Waals surface area contributed by atoms with Crippen LogP contribution >= 0.6 is 0 Å². The van der Waals surface area contributed by atoms with Crippen molar-refractivity contribution in [2.45, 2.75) is 19.3 Å². The Kier molecular flexibility index (Phi) is 5.69. The van der Waals surface area contributed by atoms with Gasteiger partial charge in [-0.05, 0) is 84.3 Å². The van der Waals surface area contributed by atoms with Gasteiger partial charge in [-0.3, -0.25) is 0 Å². The van der Waals surface area contributed by atoms with Crippen LogP contribution in [-0.4, -0.2) is 0 Å². The average molecular weight is 613 g/mol. The largest absolute Gasteiger partial charge is 0.455 e. The number of hydrogen-bond acceptors (Lipinski definition) is 1. The molecule has 0 bridgehead atoms. The molecule has 0 amide bonds. The van der Waals surface area contributed by atoms with Gasteiger partial charge >= 0.3 is 0 Å². The second-order valence-electron chi connectivity index (χ2n) is 13.6. The second-order valence-corrected chi connectivity index (χ2v) is 13.6. The third-order valence-electron chi connectivity index (χ3n) is 10.6. The van der Waals surface area contributed by atoms with E-state index in [2.05, 4.69) is 172 Å². The molecule has 0 saturated carbocycles. The topological polar surface area (TPSA) is 13.1 Å². The smallest absolute Gasteiger partial charge is 0.144 e. The maximum absolute atomic E-state index is 6.91. The van der Waals surface area contributed by atoms with Crippen LogP contribution in [0.1, 0.15) is 25.0 Å². The van der Waals surface area contributed by atoms with Gasteiger partial charge in [0.15, 0.2) is 0 Å². The summed E-state index contributed by atoms with van der Waals surface area (Å²) in [5, 5.41) is 7.22. The molecule has 1 heterocycles. The van der Waals surface area contributed by atoms with Crippen molar-refractivity contribution in [3.05, 3.63) is 169 Å². The molecule has 0 saturated heterocycles. The van der Waals surface area contributed by atoms with Crippen molar-refractivity contribution in [1.29, 1.82) is 0 Å². The van der Waals surface area contributed by atoms with Crippen molar-refractivity contribution in [3.8, 4) is 44.5 Å². The molecule has 1 aliphatic rings. The molecule has 1 nitrogen and oxygen atoms in total. The molecular weight excluding hydrogens is 581 g/mol. The van der Waals surface area contributed by atoms with Gasteiger partial charge in [0, 0.05) is 27.3 Å². The maximum atomic E-state index is 6.91. The first kappa shape index (κ1) is 27.2. The van der Waals surface area contributed by atoms with E-state index < -0.39 is 0 Å². The molecule has 1 aromatic heterocycles. The van der Waals surface area contributed by atoms with Crippen LogP contribution in [0.25, 0.3) is 88.0 Å². The Hall–Kier alpha value is -5.92. The SMILES string of the molecule is CC1(C)c2cc(-c3c4ccccc4c(-c4ccc5ccccc5c4)c4c3oc3ccccc34)ccc2-c2c(-c3ccccc3)cccc21. The molecular formula is C47H32O. The minimum atomic E-state index is -0.153. The van der Waals surface area contributed by atoms with Crippen LogP contribution in [0.15, 0.2) is 162 Å². The molecule has 0 atom stereocenters. The number of hydrogen-bond donors (Lipinski definition) is 0. The molecule has 10 rings (SSSR count). The van der Waals surface area contributed by atoms with Crippen molar-refractivity contribution in [3.63, 3.8) is 0 Å². The van der Waals surface area contributed by atoms with Crippen LogP contribution in [0.2, 0.25) is 0 Å². The highest BCUT2D eigenvalue weighted by Gasteiger charge is 2.37.